The van der Waals surface area contributed by atoms with Crippen LogP contribution in [0, 0.1) is 0 Å². The van der Waals surface area contributed by atoms with Gasteiger partial charge in [-0.15, -0.1) is 0 Å². The number of carbonyl (C=O) groups excluding carboxylic acids is 2. The standard InChI is InChI=1S/C13H20BrN3O2/c1-9(2)17-8-10(14)7-11(17)13(19)15-6-5-12(18)16(3)4/h7-9H,5-6H2,1-4H3,(H,15,19). The van der Waals surface area contributed by atoms with Crippen molar-refractivity contribution in [3.63, 3.8) is 0 Å². The third-order valence-corrected chi connectivity index (χ3v) is 3.16. The molecule has 1 aromatic rings. The van der Waals surface area contributed by atoms with E-state index in [0.717, 1.165) is 4.47 Å². The van der Waals surface area contributed by atoms with E-state index in [4.69, 9.17) is 0 Å². The fraction of sp³-hybridized carbons (Fsp3) is 0.538. The third kappa shape index (κ3) is 4.38. The van der Waals surface area contributed by atoms with E-state index in [1.807, 2.05) is 24.6 Å². The van der Waals surface area contributed by atoms with Crippen molar-refractivity contribution in [2.45, 2.75) is 26.3 Å². The molecule has 1 aromatic heterocycles. The van der Waals surface area contributed by atoms with E-state index in [1.54, 1.807) is 20.2 Å². The van der Waals surface area contributed by atoms with Gasteiger partial charge in [0.1, 0.15) is 5.69 Å². The normalized spacial score (nSPS) is 10.6. The van der Waals surface area contributed by atoms with Gasteiger partial charge in [-0.1, -0.05) is 0 Å². The molecule has 1 rings (SSSR count). The minimum Gasteiger partial charge on any atom is -0.350 e. The summed E-state index contributed by atoms with van der Waals surface area (Å²) in [7, 11) is 3.40. The molecule has 0 atom stereocenters. The van der Waals surface area contributed by atoms with Gasteiger partial charge in [0, 0.05) is 43.8 Å². The molecule has 19 heavy (non-hydrogen) atoms. The summed E-state index contributed by atoms with van der Waals surface area (Å²) >= 11 is 3.37. The molecule has 0 unspecified atom stereocenters. The summed E-state index contributed by atoms with van der Waals surface area (Å²) in [5.74, 6) is -0.160. The molecular weight excluding hydrogens is 310 g/mol. The van der Waals surface area contributed by atoms with Gasteiger partial charge in [-0.25, -0.2) is 0 Å². The summed E-state index contributed by atoms with van der Waals surface area (Å²) in [6.07, 6.45) is 2.19. The van der Waals surface area contributed by atoms with E-state index in [1.165, 1.54) is 4.90 Å². The fourth-order valence-electron chi connectivity index (χ4n) is 1.65. The molecule has 0 aliphatic rings. The van der Waals surface area contributed by atoms with Crippen molar-refractivity contribution >= 4 is 27.7 Å². The Morgan fingerprint density at radius 2 is 2.05 bits per heavy atom. The van der Waals surface area contributed by atoms with Crippen LogP contribution in [0.2, 0.25) is 0 Å². The van der Waals surface area contributed by atoms with Crippen molar-refractivity contribution < 1.29 is 9.59 Å². The Labute approximate surface area is 122 Å². The predicted molar refractivity (Wildman–Crippen MR) is 78.2 cm³/mol. The second-order valence-corrected chi connectivity index (χ2v) is 5.75. The Morgan fingerprint density at radius 1 is 1.42 bits per heavy atom. The molecule has 2 amide bonds. The highest BCUT2D eigenvalue weighted by molar-refractivity contribution is 9.10. The van der Waals surface area contributed by atoms with Crippen molar-refractivity contribution in [3.05, 3.63) is 22.4 Å². The van der Waals surface area contributed by atoms with E-state index in [2.05, 4.69) is 21.2 Å². The number of hydrogen-bond donors (Lipinski definition) is 1. The van der Waals surface area contributed by atoms with Gasteiger partial charge < -0.3 is 14.8 Å². The topological polar surface area (TPSA) is 54.3 Å². The van der Waals surface area contributed by atoms with Crippen molar-refractivity contribution in [1.82, 2.24) is 14.8 Å². The smallest absolute Gasteiger partial charge is 0.267 e. The number of aromatic nitrogens is 1. The van der Waals surface area contributed by atoms with Crippen molar-refractivity contribution in [3.8, 4) is 0 Å². The second-order valence-electron chi connectivity index (χ2n) is 4.84. The van der Waals surface area contributed by atoms with Crippen LogP contribution in [0.1, 0.15) is 36.8 Å². The molecule has 1 heterocycles. The fourth-order valence-corrected chi connectivity index (χ4v) is 2.09. The lowest BCUT2D eigenvalue weighted by Gasteiger charge is -2.13. The molecule has 5 nitrogen and oxygen atoms in total. The van der Waals surface area contributed by atoms with Crippen LogP contribution in [0.4, 0.5) is 0 Å². The van der Waals surface area contributed by atoms with Gasteiger partial charge in [-0.2, -0.15) is 0 Å². The lowest BCUT2D eigenvalue weighted by atomic mass is 10.3. The maximum Gasteiger partial charge on any atom is 0.267 e. The number of rotatable bonds is 5. The first-order valence-corrected chi connectivity index (χ1v) is 6.98. The largest absolute Gasteiger partial charge is 0.350 e. The van der Waals surface area contributed by atoms with Gasteiger partial charge in [0.2, 0.25) is 5.91 Å². The average molecular weight is 330 g/mol. The van der Waals surface area contributed by atoms with Gasteiger partial charge >= 0.3 is 0 Å². The molecule has 0 aromatic carbocycles. The molecule has 0 radical (unpaired) electrons. The van der Waals surface area contributed by atoms with E-state index >= 15 is 0 Å². The zero-order chi connectivity index (χ0) is 14.6. The molecule has 0 spiro atoms. The van der Waals surface area contributed by atoms with Crippen LogP contribution in [0.5, 0.6) is 0 Å². The number of amides is 2. The molecule has 6 heteroatoms. The van der Waals surface area contributed by atoms with Crippen LogP contribution in [-0.2, 0) is 4.79 Å². The van der Waals surface area contributed by atoms with Gasteiger partial charge in [0.05, 0.1) is 0 Å². The average Bonchev–Trinajstić information content (AvgIpc) is 2.71. The quantitative estimate of drug-likeness (QED) is 0.898. The zero-order valence-corrected chi connectivity index (χ0v) is 13.3. The summed E-state index contributed by atoms with van der Waals surface area (Å²) < 4.78 is 2.77. The van der Waals surface area contributed by atoms with Crippen LogP contribution in [-0.4, -0.2) is 41.9 Å². The predicted octanol–water partition coefficient (Wildman–Crippen LogP) is 2.04. The van der Waals surface area contributed by atoms with E-state index in [9.17, 15) is 9.59 Å². The highest BCUT2D eigenvalue weighted by Crippen LogP contribution is 2.19. The molecular formula is C13H20BrN3O2. The number of nitrogens with zero attached hydrogens (tertiary/aromatic N) is 2. The van der Waals surface area contributed by atoms with Gasteiger partial charge in [-0.05, 0) is 35.8 Å². The summed E-state index contributed by atoms with van der Waals surface area (Å²) in [5.41, 5.74) is 0.596. The molecule has 0 saturated heterocycles. The maximum atomic E-state index is 12.1. The van der Waals surface area contributed by atoms with E-state index in [-0.39, 0.29) is 17.9 Å². The Bertz CT molecular complexity index is 466. The van der Waals surface area contributed by atoms with Crippen molar-refractivity contribution in [2.24, 2.45) is 0 Å². The van der Waals surface area contributed by atoms with Crippen LogP contribution < -0.4 is 5.32 Å². The first-order chi connectivity index (χ1) is 8.82. The SMILES string of the molecule is CC(C)n1cc(Br)cc1C(=O)NCCC(=O)N(C)C. The van der Waals surface area contributed by atoms with Crippen LogP contribution in [0.15, 0.2) is 16.7 Å². The Hall–Kier alpha value is -1.30. The Balaban J connectivity index is 2.61. The molecule has 0 saturated carbocycles. The third-order valence-electron chi connectivity index (χ3n) is 2.73. The molecule has 0 fully saturated rings. The van der Waals surface area contributed by atoms with Crippen molar-refractivity contribution in [2.75, 3.05) is 20.6 Å². The lowest BCUT2D eigenvalue weighted by Crippen LogP contribution is -2.31. The summed E-state index contributed by atoms with van der Waals surface area (Å²) in [4.78, 5) is 25.0. The monoisotopic (exact) mass is 329 g/mol. The van der Waals surface area contributed by atoms with Crippen molar-refractivity contribution in [1.29, 1.82) is 0 Å². The van der Waals surface area contributed by atoms with Crippen LogP contribution in [0.3, 0.4) is 0 Å². The summed E-state index contributed by atoms with van der Waals surface area (Å²) in [6, 6.07) is 1.98. The molecule has 106 valence electrons. The number of carbonyl (C=O) groups is 2. The highest BCUT2D eigenvalue weighted by Gasteiger charge is 2.15. The van der Waals surface area contributed by atoms with Gasteiger partial charge in [0.15, 0.2) is 0 Å². The van der Waals surface area contributed by atoms with Crippen LogP contribution in [0.25, 0.3) is 0 Å². The number of hydrogen-bond acceptors (Lipinski definition) is 2. The summed E-state index contributed by atoms with van der Waals surface area (Å²) in [5, 5.41) is 2.77. The summed E-state index contributed by atoms with van der Waals surface area (Å²) in [6.45, 7) is 4.37. The van der Waals surface area contributed by atoms with Gasteiger partial charge in [0.25, 0.3) is 5.91 Å². The molecule has 1 N–H and O–H groups in total. The minimum atomic E-state index is -0.161. The molecule has 0 aliphatic heterocycles. The van der Waals surface area contributed by atoms with E-state index in [0.29, 0.717) is 18.7 Å². The maximum absolute atomic E-state index is 12.1. The first-order valence-electron chi connectivity index (χ1n) is 6.18. The second kappa shape index (κ2) is 6.75. The highest BCUT2D eigenvalue weighted by atomic mass is 79.9. The van der Waals surface area contributed by atoms with Gasteiger partial charge in [-0.3, -0.25) is 9.59 Å². The van der Waals surface area contributed by atoms with Crippen LogP contribution >= 0.6 is 15.9 Å². The lowest BCUT2D eigenvalue weighted by molar-refractivity contribution is -0.128. The number of nitrogens with one attached hydrogen (secondary N) is 1. The molecule has 0 bridgehead atoms. The Morgan fingerprint density at radius 3 is 2.58 bits per heavy atom. The zero-order valence-electron chi connectivity index (χ0n) is 11.7. The minimum absolute atomic E-state index is 0.000669. The molecule has 0 aliphatic carbocycles. The van der Waals surface area contributed by atoms with E-state index < -0.39 is 0 Å². The first kappa shape index (κ1) is 15.8. The number of halogens is 1. The Kier molecular flexibility index (Phi) is 5.60.